The fourth-order valence-corrected chi connectivity index (χ4v) is 4.06. The Balaban J connectivity index is 2.09. The quantitative estimate of drug-likeness (QED) is 0.768. The third-order valence-corrected chi connectivity index (χ3v) is 5.65. The van der Waals surface area contributed by atoms with Crippen molar-refractivity contribution in [2.24, 2.45) is 0 Å². The highest BCUT2D eigenvalue weighted by Crippen LogP contribution is 2.23. The Morgan fingerprint density at radius 1 is 1.29 bits per heavy atom. The van der Waals surface area contributed by atoms with Crippen LogP contribution in [0, 0.1) is 6.92 Å². The van der Waals surface area contributed by atoms with E-state index in [1.807, 2.05) is 12.3 Å². The van der Waals surface area contributed by atoms with Gasteiger partial charge in [-0.05, 0) is 48.5 Å². The van der Waals surface area contributed by atoms with Gasteiger partial charge in [0, 0.05) is 12.7 Å². The highest BCUT2D eigenvalue weighted by Gasteiger charge is 2.17. The number of aryl methyl sites for hydroxylation is 1. The first kappa shape index (κ1) is 15.9. The van der Waals surface area contributed by atoms with E-state index >= 15 is 0 Å². The second-order valence-electron chi connectivity index (χ2n) is 4.81. The van der Waals surface area contributed by atoms with Crippen LogP contribution in [-0.2, 0) is 16.6 Å². The van der Waals surface area contributed by atoms with Gasteiger partial charge in [0.1, 0.15) is 4.21 Å². The van der Waals surface area contributed by atoms with E-state index < -0.39 is 10.0 Å². The van der Waals surface area contributed by atoms with Crippen LogP contribution in [0.25, 0.3) is 0 Å². The molecule has 0 unspecified atom stereocenters. The van der Waals surface area contributed by atoms with Crippen LogP contribution in [0.2, 0.25) is 0 Å². The van der Waals surface area contributed by atoms with Gasteiger partial charge in [-0.25, -0.2) is 8.42 Å². The Hall–Kier alpha value is -1.44. The van der Waals surface area contributed by atoms with Gasteiger partial charge in [-0.1, -0.05) is 6.92 Å². The zero-order valence-electron chi connectivity index (χ0n) is 12.1. The zero-order chi connectivity index (χ0) is 15.3. The number of aromatic nitrogens is 1. The monoisotopic (exact) mass is 325 g/mol. The number of hydrogen-bond donors (Lipinski definition) is 2. The number of nitrogens with zero attached hydrogens (tertiary/aromatic N) is 1. The minimum atomic E-state index is -3.54. The Kier molecular flexibility index (Phi) is 5.33. The van der Waals surface area contributed by atoms with Gasteiger partial charge >= 0.3 is 0 Å². The molecule has 0 saturated carbocycles. The van der Waals surface area contributed by atoms with Crippen molar-refractivity contribution in [2.45, 2.75) is 31.0 Å². The lowest BCUT2D eigenvalue weighted by Crippen LogP contribution is -2.14. The first-order valence-electron chi connectivity index (χ1n) is 6.74. The molecule has 0 aromatic carbocycles. The highest BCUT2D eigenvalue weighted by molar-refractivity contribution is 7.94. The van der Waals surface area contributed by atoms with Crippen molar-refractivity contribution in [1.82, 2.24) is 10.3 Å². The molecule has 2 aromatic rings. The van der Waals surface area contributed by atoms with E-state index in [4.69, 9.17) is 0 Å². The van der Waals surface area contributed by atoms with Crippen LogP contribution in [0.5, 0.6) is 0 Å². The maximum atomic E-state index is 12.3. The largest absolute Gasteiger partial charge is 0.313 e. The second kappa shape index (κ2) is 7.02. The van der Waals surface area contributed by atoms with Gasteiger partial charge in [0.25, 0.3) is 10.0 Å². The summed E-state index contributed by atoms with van der Waals surface area (Å²) in [5.41, 5.74) is 2.37. The average Bonchev–Trinajstić information content (AvgIpc) is 2.88. The van der Waals surface area contributed by atoms with Crippen LogP contribution < -0.4 is 10.0 Å². The summed E-state index contributed by atoms with van der Waals surface area (Å²) in [5, 5.41) is 5.12. The van der Waals surface area contributed by atoms with Crippen LogP contribution in [0.15, 0.2) is 34.1 Å². The van der Waals surface area contributed by atoms with Crippen LogP contribution in [0.1, 0.15) is 24.5 Å². The molecule has 0 aliphatic rings. The molecular formula is C14H19N3O2S2. The first-order chi connectivity index (χ1) is 10.0. The smallest absolute Gasteiger partial charge is 0.271 e. The Morgan fingerprint density at radius 3 is 2.81 bits per heavy atom. The van der Waals surface area contributed by atoms with E-state index in [2.05, 4.69) is 21.9 Å². The molecule has 0 atom stereocenters. The molecule has 0 radical (unpaired) electrons. The van der Waals surface area contributed by atoms with Gasteiger partial charge in [-0.15, -0.1) is 11.3 Å². The van der Waals surface area contributed by atoms with E-state index in [1.54, 1.807) is 18.3 Å². The van der Waals surface area contributed by atoms with Crippen molar-refractivity contribution in [3.63, 3.8) is 0 Å². The van der Waals surface area contributed by atoms with E-state index in [0.29, 0.717) is 16.4 Å². The molecule has 2 N–H and O–H groups in total. The minimum Gasteiger partial charge on any atom is -0.313 e. The predicted octanol–water partition coefficient (Wildman–Crippen LogP) is 2.75. The Bertz CT molecular complexity index is 696. The number of sulfonamides is 1. The van der Waals surface area contributed by atoms with Crippen molar-refractivity contribution < 1.29 is 8.42 Å². The first-order valence-corrected chi connectivity index (χ1v) is 9.10. The van der Waals surface area contributed by atoms with Crippen molar-refractivity contribution >= 4 is 27.0 Å². The lowest BCUT2D eigenvalue weighted by molar-refractivity contribution is 0.603. The lowest BCUT2D eigenvalue weighted by atomic mass is 10.3. The standard InChI is InChI=1S/C14H19N3O2S2/c1-3-4-15-8-12-6-14(20-10-12)21(18,19)17-13-5-11(2)7-16-9-13/h5-7,9-10,15,17H,3-4,8H2,1-2H3. The van der Waals surface area contributed by atoms with Crippen LogP contribution in [0.3, 0.4) is 0 Å². The third kappa shape index (κ3) is 4.52. The number of pyridine rings is 1. The molecule has 2 aromatic heterocycles. The molecule has 2 rings (SSSR count). The molecule has 0 aliphatic heterocycles. The summed E-state index contributed by atoms with van der Waals surface area (Å²) in [6.07, 6.45) is 4.24. The predicted molar refractivity (Wildman–Crippen MR) is 86.1 cm³/mol. The zero-order valence-corrected chi connectivity index (χ0v) is 13.7. The van der Waals surface area contributed by atoms with Crippen molar-refractivity contribution in [3.05, 3.63) is 41.0 Å². The van der Waals surface area contributed by atoms with Crippen molar-refractivity contribution in [1.29, 1.82) is 0 Å². The molecule has 0 amide bonds. The molecule has 0 saturated heterocycles. The van der Waals surface area contributed by atoms with Gasteiger partial charge in [0.15, 0.2) is 0 Å². The minimum absolute atomic E-state index is 0.317. The fraction of sp³-hybridized carbons (Fsp3) is 0.357. The maximum Gasteiger partial charge on any atom is 0.271 e. The summed E-state index contributed by atoms with van der Waals surface area (Å²) in [4.78, 5) is 3.98. The fourth-order valence-electron chi connectivity index (χ4n) is 1.81. The van der Waals surface area contributed by atoms with Gasteiger partial charge in [0.05, 0.1) is 11.9 Å². The van der Waals surface area contributed by atoms with Crippen LogP contribution in [0.4, 0.5) is 5.69 Å². The van der Waals surface area contributed by atoms with Gasteiger partial charge in [-0.3, -0.25) is 9.71 Å². The normalized spacial score (nSPS) is 11.5. The highest BCUT2D eigenvalue weighted by atomic mass is 32.2. The molecular weight excluding hydrogens is 306 g/mol. The summed E-state index contributed by atoms with van der Waals surface area (Å²) in [6.45, 7) is 5.57. The van der Waals surface area contributed by atoms with E-state index in [1.165, 1.54) is 17.5 Å². The number of rotatable bonds is 7. The summed E-state index contributed by atoms with van der Waals surface area (Å²) >= 11 is 1.23. The summed E-state index contributed by atoms with van der Waals surface area (Å²) < 4.78 is 27.5. The molecule has 0 aliphatic carbocycles. The maximum absolute atomic E-state index is 12.3. The molecule has 7 heteroatoms. The summed E-state index contributed by atoms with van der Waals surface area (Å²) in [7, 11) is -3.54. The topological polar surface area (TPSA) is 71.1 Å². The molecule has 114 valence electrons. The van der Waals surface area contributed by atoms with E-state index in [-0.39, 0.29) is 0 Å². The summed E-state index contributed by atoms with van der Waals surface area (Å²) in [6, 6.07) is 3.46. The molecule has 0 spiro atoms. The van der Waals surface area contributed by atoms with Crippen LogP contribution in [-0.4, -0.2) is 19.9 Å². The van der Waals surface area contributed by atoms with Gasteiger partial charge in [0.2, 0.25) is 0 Å². The lowest BCUT2D eigenvalue weighted by Gasteiger charge is -2.06. The Morgan fingerprint density at radius 2 is 2.10 bits per heavy atom. The average molecular weight is 325 g/mol. The molecule has 0 fully saturated rings. The molecule has 5 nitrogen and oxygen atoms in total. The molecule has 0 bridgehead atoms. The Labute approximate surface area is 129 Å². The number of hydrogen-bond acceptors (Lipinski definition) is 5. The van der Waals surface area contributed by atoms with Crippen molar-refractivity contribution in [3.8, 4) is 0 Å². The third-order valence-electron chi connectivity index (χ3n) is 2.78. The SMILES string of the molecule is CCCNCc1csc(S(=O)(=O)Nc2cncc(C)c2)c1. The number of thiophene rings is 1. The van der Waals surface area contributed by atoms with Gasteiger partial charge < -0.3 is 5.32 Å². The van der Waals surface area contributed by atoms with Gasteiger partial charge in [-0.2, -0.15) is 0 Å². The van der Waals surface area contributed by atoms with E-state index in [9.17, 15) is 8.42 Å². The second-order valence-corrected chi connectivity index (χ2v) is 7.63. The molecule has 2 heterocycles. The number of anilines is 1. The van der Waals surface area contributed by atoms with E-state index in [0.717, 1.165) is 24.1 Å². The van der Waals surface area contributed by atoms with Crippen LogP contribution >= 0.6 is 11.3 Å². The number of nitrogens with one attached hydrogen (secondary N) is 2. The molecule has 21 heavy (non-hydrogen) atoms. The van der Waals surface area contributed by atoms with Crippen molar-refractivity contribution in [2.75, 3.05) is 11.3 Å². The summed E-state index contributed by atoms with van der Waals surface area (Å²) in [5.74, 6) is 0.